The first kappa shape index (κ1) is 10.8. The molecule has 0 spiro atoms. The fourth-order valence-electron chi connectivity index (χ4n) is 2.67. The van der Waals surface area contributed by atoms with Crippen LogP contribution >= 0.6 is 11.8 Å². The van der Waals surface area contributed by atoms with Crippen molar-refractivity contribution >= 4 is 21.9 Å². The van der Waals surface area contributed by atoms with Gasteiger partial charge in [0.2, 0.25) is 0 Å². The molecule has 2 aliphatic carbocycles. The van der Waals surface area contributed by atoms with Gasteiger partial charge in [-0.3, -0.25) is 0 Å². The van der Waals surface area contributed by atoms with Crippen molar-refractivity contribution < 1.29 is 13.0 Å². The summed E-state index contributed by atoms with van der Waals surface area (Å²) in [5, 5.41) is 0.424. The smallest absolute Gasteiger partial charge is 0.107 e. The van der Waals surface area contributed by atoms with E-state index in [1.165, 1.54) is 37.9 Å². The Balaban J connectivity index is 1.93. The van der Waals surface area contributed by atoms with Crippen molar-refractivity contribution in [3.05, 3.63) is 0 Å². The van der Waals surface area contributed by atoms with E-state index in [4.69, 9.17) is 0 Å². The molecule has 82 valence electrons. The standard InChI is InChI=1S/C9H16O3S2/c1-6(14(10,11)12)13-9-5-7-2-3-8(9)4-7/h6-9H,2-5H2,1H3,(H,10,11,12)/p-1. The van der Waals surface area contributed by atoms with E-state index in [-0.39, 0.29) is 0 Å². The van der Waals surface area contributed by atoms with Crippen LogP contribution < -0.4 is 0 Å². The zero-order chi connectivity index (χ0) is 10.3. The summed E-state index contributed by atoms with van der Waals surface area (Å²) >= 11 is 1.38. The third kappa shape index (κ3) is 2.09. The van der Waals surface area contributed by atoms with Crippen LogP contribution in [0.2, 0.25) is 0 Å². The highest BCUT2D eigenvalue weighted by Gasteiger charge is 2.40. The van der Waals surface area contributed by atoms with Gasteiger partial charge in [-0.2, -0.15) is 0 Å². The molecule has 4 unspecified atom stereocenters. The van der Waals surface area contributed by atoms with E-state index in [1.54, 1.807) is 0 Å². The molecule has 0 radical (unpaired) electrons. The zero-order valence-electron chi connectivity index (χ0n) is 8.18. The Kier molecular flexibility index (Phi) is 2.83. The van der Waals surface area contributed by atoms with Crippen LogP contribution in [-0.4, -0.2) is 22.8 Å². The van der Waals surface area contributed by atoms with Crippen molar-refractivity contribution in [2.24, 2.45) is 11.8 Å². The predicted octanol–water partition coefficient (Wildman–Crippen LogP) is 1.80. The van der Waals surface area contributed by atoms with E-state index < -0.39 is 14.7 Å². The van der Waals surface area contributed by atoms with Gasteiger partial charge in [0.25, 0.3) is 0 Å². The van der Waals surface area contributed by atoms with Crippen molar-refractivity contribution in [3.8, 4) is 0 Å². The van der Waals surface area contributed by atoms with Crippen molar-refractivity contribution in [1.82, 2.24) is 0 Å². The predicted molar refractivity (Wildman–Crippen MR) is 56.0 cm³/mol. The van der Waals surface area contributed by atoms with Crippen LogP contribution in [0.3, 0.4) is 0 Å². The second kappa shape index (κ2) is 3.68. The minimum Gasteiger partial charge on any atom is -0.747 e. The summed E-state index contributed by atoms with van der Waals surface area (Å²) in [4.78, 5) is 0. The molecule has 3 nitrogen and oxygen atoms in total. The average molecular weight is 235 g/mol. The lowest BCUT2D eigenvalue weighted by molar-refractivity contribution is 0.460. The first-order valence-corrected chi connectivity index (χ1v) is 7.48. The maximum Gasteiger partial charge on any atom is 0.107 e. The van der Waals surface area contributed by atoms with Gasteiger partial charge < -0.3 is 4.55 Å². The topological polar surface area (TPSA) is 57.2 Å². The summed E-state index contributed by atoms with van der Waals surface area (Å²) in [6, 6.07) is 0. The van der Waals surface area contributed by atoms with Crippen LogP contribution in [0.1, 0.15) is 32.6 Å². The molecule has 0 aromatic heterocycles. The fraction of sp³-hybridized carbons (Fsp3) is 1.00. The molecule has 2 bridgehead atoms. The minimum atomic E-state index is -4.09. The van der Waals surface area contributed by atoms with E-state index >= 15 is 0 Å². The van der Waals surface area contributed by atoms with Gasteiger partial charge in [0.05, 0.1) is 4.58 Å². The lowest BCUT2D eigenvalue weighted by atomic mass is 10.0. The maximum atomic E-state index is 10.7. The van der Waals surface area contributed by atoms with Crippen LogP contribution in [0.5, 0.6) is 0 Å². The molecule has 0 amide bonds. The molecule has 0 saturated heterocycles. The highest BCUT2D eigenvalue weighted by Crippen LogP contribution is 2.50. The second-order valence-corrected chi connectivity index (χ2v) is 7.99. The monoisotopic (exact) mass is 235 g/mol. The van der Waals surface area contributed by atoms with Crippen LogP contribution in [0.4, 0.5) is 0 Å². The minimum absolute atomic E-state index is 0.424. The number of hydrogen-bond donors (Lipinski definition) is 0. The van der Waals surface area contributed by atoms with Crippen molar-refractivity contribution in [2.75, 3.05) is 0 Å². The van der Waals surface area contributed by atoms with Gasteiger partial charge in [0.15, 0.2) is 0 Å². The normalized spacial score (nSPS) is 38.9. The van der Waals surface area contributed by atoms with E-state index in [1.807, 2.05) is 0 Å². The highest BCUT2D eigenvalue weighted by molar-refractivity contribution is 8.12. The molecule has 0 aromatic carbocycles. The van der Waals surface area contributed by atoms with E-state index in [2.05, 4.69) is 0 Å². The van der Waals surface area contributed by atoms with Gasteiger partial charge in [-0.1, -0.05) is 6.42 Å². The Morgan fingerprint density at radius 1 is 1.36 bits per heavy atom. The van der Waals surface area contributed by atoms with Gasteiger partial charge in [-0.05, 0) is 38.0 Å². The van der Waals surface area contributed by atoms with Crippen LogP contribution in [0.25, 0.3) is 0 Å². The summed E-state index contributed by atoms with van der Waals surface area (Å²) in [6.45, 7) is 1.51. The SMILES string of the molecule is CC(SC1CC2CCC1C2)S(=O)(=O)[O-]. The lowest BCUT2D eigenvalue weighted by Crippen LogP contribution is -2.21. The average Bonchev–Trinajstić information content (AvgIpc) is 2.62. The van der Waals surface area contributed by atoms with Gasteiger partial charge in [-0.25, -0.2) is 8.42 Å². The van der Waals surface area contributed by atoms with Crippen LogP contribution in [0, 0.1) is 11.8 Å². The van der Waals surface area contributed by atoms with Crippen molar-refractivity contribution in [3.63, 3.8) is 0 Å². The van der Waals surface area contributed by atoms with Gasteiger partial charge in [0, 0.05) is 5.25 Å². The summed E-state index contributed by atoms with van der Waals surface area (Å²) in [6.07, 6.45) is 4.91. The van der Waals surface area contributed by atoms with E-state index in [9.17, 15) is 13.0 Å². The Labute approximate surface area is 89.4 Å². The maximum absolute atomic E-state index is 10.7. The van der Waals surface area contributed by atoms with Gasteiger partial charge in [0.1, 0.15) is 10.1 Å². The number of fused-ring (bicyclic) bond motifs is 2. The van der Waals surface area contributed by atoms with Crippen molar-refractivity contribution in [1.29, 1.82) is 0 Å². The molecule has 2 rings (SSSR count). The second-order valence-electron chi connectivity index (χ2n) is 4.41. The molecule has 0 aliphatic heterocycles. The fourth-order valence-corrected chi connectivity index (χ4v) is 4.98. The lowest BCUT2D eigenvalue weighted by Gasteiger charge is -2.25. The molecule has 2 saturated carbocycles. The first-order valence-electron chi connectivity index (χ1n) is 5.07. The molecule has 2 aliphatic rings. The number of hydrogen-bond acceptors (Lipinski definition) is 4. The van der Waals surface area contributed by atoms with Crippen LogP contribution in [0.15, 0.2) is 0 Å². The van der Waals surface area contributed by atoms with Crippen LogP contribution in [-0.2, 0) is 10.1 Å². The number of rotatable bonds is 3. The Bertz CT molecular complexity index is 312. The molecular weight excluding hydrogens is 220 g/mol. The largest absolute Gasteiger partial charge is 0.747 e. The van der Waals surface area contributed by atoms with Crippen molar-refractivity contribution in [2.45, 2.75) is 42.4 Å². The molecule has 0 N–H and O–H groups in total. The molecule has 0 aromatic rings. The molecular formula is C9H15O3S2-. The third-order valence-electron chi connectivity index (χ3n) is 3.45. The Hall–Kier alpha value is 0.260. The zero-order valence-corrected chi connectivity index (χ0v) is 9.81. The molecule has 2 fully saturated rings. The highest BCUT2D eigenvalue weighted by atomic mass is 32.3. The van der Waals surface area contributed by atoms with Gasteiger partial charge in [-0.15, -0.1) is 11.8 Å². The third-order valence-corrected chi connectivity index (χ3v) is 6.61. The number of thioether (sulfide) groups is 1. The summed E-state index contributed by atoms with van der Waals surface area (Å²) in [5.74, 6) is 1.48. The molecule has 0 heterocycles. The Morgan fingerprint density at radius 2 is 2.07 bits per heavy atom. The van der Waals surface area contributed by atoms with E-state index in [0.717, 1.165) is 12.3 Å². The van der Waals surface area contributed by atoms with Gasteiger partial charge >= 0.3 is 0 Å². The Morgan fingerprint density at radius 3 is 2.50 bits per heavy atom. The summed E-state index contributed by atoms with van der Waals surface area (Å²) < 4.78 is 31.5. The molecule has 4 atom stereocenters. The summed E-state index contributed by atoms with van der Waals surface area (Å²) in [7, 11) is -4.09. The first-order chi connectivity index (χ1) is 6.47. The van der Waals surface area contributed by atoms with E-state index in [0.29, 0.717) is 11.2 Å². The molecule has 14 heavy (non-hydrogen) atoms. The quantitative estimate of drug-likeness (QED) is 0.700. The molecule has 5 heteroatoms. The summed E-state index contributed by atoms with van der Waals surface area (Å²) in [5.41, 5.74) is 0.